The van der Waals surface area contributed by atoms with Crippen LogP contribution in [-0.2, 0) is 13.0 Å². The lowest BCUT2D eigenvalue weighted by Gasteiger charge is -2.11. The number of oxazole rings is 1. The van der Waals surface area contributed by atoms with Crippen LogP contribution in [0, 0.1) is 12.7 Å². The summed E-state index contributed by atoms with van der Waals surface area (Å²) in [5.41, 5.74) is 3.90. The third-order valence-corrected chi connectivity index (χ3v) is 4.10. The highest BCUT2D eigenvalue weighted by Gasteiger charge is 2.07. The zero-order valence-corrected chi connectivity index (χ0v) is 15.5. The molecule has 0 radical (unpaired) electrons. The molecule has 0 fully saturated rings. The first kappa shape index (κ1) is 18.6. The van der Waals surface area contributed by atoms with E-state index in [1.54, 1.807) is 19.4 Å². The number of halogens is 1. The number of aromatic nitrogens is 1. The van der Waals surface area contributed by atoms with E-state index in [4.69, 9.17) is 4.42 Å². The fourth-order valence-corrected chi connectivity index (χ4v) is 2.61. The van der Waals surface area contributed by atoms with E-state index in [0.717, 1.165) is 16.8 Å². The fourth-order valence-electron chi connectivity index (χ4n) is 2.61. The van der Waals surface area contributed by atoms with Crippen molar-refractivity contribution in [3.8, 4) is 11.5 Å². The molecule has 140 valence electrons. The molecule has 2 N–H and O–H groups in total. The third-order valence-electron chi connectivity index (χ3n) is 4.10. The first-order chi connectivity index (χ1) is 13.1. The molecule has 5 nitrogen and oxygen atoms in total. The van der Waals surface area contributed by atoms with Gasteiger partial charge in [0.05, 0.1) is 5.69 Å². The fraction of sp³-hybridized carbons (Fsp3) is 0.238. The summed E-state index contributed by atoms with van der Waals surface area (Å²) in [4.78, 5) is 8.70. The summed E-state index contributed by atoms with van der Waals surface area (Å²) in [7, 11) is 1.70. The number of hydrogen-bond acceptors (Lipinski definition) is 3. The summed E-state index contributed by atoms with van der Waals surface area (Å²) in [6.07, 6.45) is 2.38. The van der Waals surface area contributed by atoms with E-state index in [9.17, 15) is 4.39 Å². The Hall–Kier alpha value is -3.15. The Labute approximate surface area is 158 Å². The number of nitrogens with one attached hydrogen (secondary N) is 2. The van der Waals surface area contributed by atoms with Gasteiger partial charge in [0.1, 0.15) is 12.1 Å². The summed E-state index contributed by atoms with van der Waals surface area (Å²) < 4.78 is 18.8. The largest absolute Gasteiger partial charge is 0.444 e. The van der Waals surface area contributed by atoms with Crippen LogP contribution < -0.4 is 10.6 Å². The molecular formula is C21H23FN4O. The first-order valence-corrected chi connectivity index (χ1v) is 8.84. The zero-order chi connectivity index (χ0) is 19.1. The summed E-state index contributed by atoms with van der Waals surface area (Å²) in [5.74, 6) is 1.03. The van der Waals surface area contributed by atoms with Crippen LogP contribution in [-0.4, -0.2) is 24.5 Å². The molecule has 0 spiro atoms. The van der Waals surface area contributed by atoms with Crippen LogP contribution in [0.3, 0.4) is 0 Å². The van der Waals surface area contributed by atoms with Gasteiger partial charge in [-0.3, -0.25) is 4.99 Å². The van der Waals surface area contributed by atoms with Crippen LogP contribution in [0.5, 0.6) is 0 Å². The molecule has 27 heavy (non-hydrogen) atoms. The molecule has 6 heteroatoms. The van der Waals surface area contributed by atoms with Crippen molar-refractivity contribution in [1.29, 1.82) is 0 Å². The van der Waals surface area contributed by atoms with Crippen molar-refractivity contribution in [3.63, 3.8) is 0 Å². The quantitative estimate of drug-likeness (QED) is 0.516. The van der Waals surface area contributed by atoms with E-state index in [-0.39, 0.29) is 5.82 Å². The Kier molecular flexibility index (Phi) is 6.20. The number of hydrogen-bond donors (Lipinski definition) is 2. The molecule has 3 rings (SSSR count). The van der Waals surface area contributed by atoms with Crippen molar-refractivity contribution in [2.75, 3.05) is 13.6 Å². The summed E-state index contributed by atoms with van der Waals surface area (Å²) in [6, 6.07) is 14.6. The minimum atomic E-state index is -0.243. The van der Waals surface area contributed by atoms with Crippen LogP contribution in [0.15, 0.2) is 64.2 Å². The Morgan fingerprint density at radius 1 is 1.15 bits per heavy atom. The molecule has 0 saturated heterocycles. The second kappa shape index (κ2) is 8.98. The molecule has 1 heterocycles. The van der Waals surface area contributed by atoms with Gasteiger partial charge < -0.3 is 15.1 Å². The molecule has 0 aliphatic carbocycles. The maximum atomic E-state index is 13.2. The monoisotopic (exact) mass is 366 g/mol. The van der Waals surface area contributed by atoms with Gasteiger partial charge >= 0.3 is 0 Å². The van der Waals surface area contributed by atoms with Crippen LogP contribution in [0.1, 0.15) is 16.8 Å². The molecule has 0 atom stereocenters. The lowest BCUT2D eigenvalue weighted by atomic mass is 10.1. The van der Waals surface area contributed by atoms with Crippen molar-refractivity contribution < 1.29 is 8.81 Å². The lowest BCUT2D eigenvalue weighted by Crippen LogP contribution is -2.37. The Morgan fingerprint density at radius 2 is 1.96 bits per heavy atom. The minimum absolute atomic E-state index is 0.243. The van der Waals surface area contributed by atoms with Gasteiger partial charge in [0.25, 0.3) is 0 Å². The predicted octanol–water partition coefficient (Wildman–Crippen LogP) is 3.70. The van der Waals surface area contributed by atoms with E-state index in [2.05, 4.69) is 20.6 Å². The lowest BCUT2D eigenvalue weighted by molar-refractivity contribution is 0.572. The molecule has 0 aliphatic heterocycles. The maximum Gasteiger partial charge on any atom is 0.226 e. The Morgan fingerprint density at radius 3 is 2.70 bits per heavy atom. The van der Waals surface area contributed by atoms with E-state index in [1.165, 1.54) is 17.7 Å². The standard InChI is InChI=1S/C21H23FN4O/c1-15-6-8-17(9-7-15)20-26-19(14-27-20)10-11-24-21(23-2)25-13-16-4-3-5-18(22)12-16/h3-9,12,14H,10-11,13H2,1-2H3,(H2,23,24,25). The molecule has 2 aromatic carbocycles. The van der Waals surface area contributed by atoms with E-state index < -0.39 is 0 Å². The Balaban J connectivity index is 1.47. The number of nitrogens with zero attached hydrogens (tertiary/aromatic N) is 2. The van der Waals surface area contributed by atoms with Gasteiger partial charge in [0.15, 0.2) is 5.96 Å². The SMILES string of the molecule is CN=C(NCCc1coc(-c2ccc(C)cc2)n1)NCc1cccc(F)c1. The highest BCUT2D eigenvalue weighted by Crippen LogP contribution is 2.19. The maximum absolute atomic E-state index is 13.2. The molecule has 3 aromatic rings. The van der Waals surface area contributed by atoms with Crippen molar-refractivity contribution in [1.82, 2.24) is 15.6 Å². The molecule has 0 bridgehead atoms. The number of benzene rings is 2. The topological polar surface area (TPSA) is 62.5 Å². The minimum Gasteiger partial charge on any atom is -0.444 e. The van der Waals surface area contributed by atoms with Crippen molar-refractivity contribution in [2.24, 2.45) is 4.99 Å². The van der Waals surface area contributed by atoms with Gasteiger partial charge in [-0.15, -0.1) is 0 Å². The van der Waals surface area contributed by atoms with Crippen molar-refractivity contribution in [2.45, 2.75) is 19.9 Å². The smallest absolute Gasteiger partial charge is 0.226 e. The summed E-state index contributed by atoms with van der Waals surface area (Å²) >= 11 is 0. The second-order valence-electron chi connectivity index (χ2n) is 6.24. The zero-order valence-electron chi connectivity index (χ0n) is 15.5. The van der Waals surface area contributed by atoms with Gasteiger partial charge in [-0.25, -0.2) is 9.37 Å². The average Bonchev–Trinajstić information content (AvgIpc) is 3.14. The van der Waals surface area contributed by atoms with Gasteiger partial charge in [-0.05, 0) is 36.8 Å². The van der Waals surface area contributed by atoms with Crippen LogP contribution in [0.4, 0.5) is 4.39 Å². The normalized spacial score (nSPS) is 11.4. The van der Waals surface area contributed by atoms with Gasteiger partial charge in [0.2, 0.25) is 5.89 Å². The number of guanidine groups is 1. The first-order valence-electron chi connectivity index (χ1n) is 8.84. The Bertz CT molecular complexity index is 903. The molecule has 0 unspecified atom stereocenters. The van der Waals surface area contributed by atoms with Crippen LogP contribution >= 0.6 is 0 Å². The number of aryl methyl sites for hydroxylation is 1. The van der Waals surface area contributed by atoms with Gasteiger partial charge in [-0.1, -0.05) is 29.8 Å². The molecule has 0 saturated carbocycles. The summed E-state index contributed by atoms with van der Waals surface area (Å²) in [6.45, 7) is 3.20. The average molecular weight is 366 g/mol. The number of aliphatic imine (C=N–C) groups is 1. The highest BCUT2D eigenvalue weighted by atomic mass is 19.1. The van der Waals surface area contributed by atoms with Crippen LogP contribution in [0.2, 0.25) is 0 Å². The summed E-state index contributed by atoms with van der Waals surface area (Å²) in [5, 5.41) is 6.39. The highest BCUT2D eigenvalue weighted by molar-refractivity contribution is 5.79. The molecule has 0 aliphatic rings. The molecule has 0 amide bonds. The van der Waals surface area contributed by atoms with Gasteiger partial charge in [0, 0.05) is 32.1 Å². The molecule has 1 aromatic heterocycles. The van der Waals surface area contributed by atoms with E-state index >= 15 is 0 Å². The van der Waals surface area contributed by atoms with E-state index in [0.29, 0.717) is 31.4 Å². The van der Waals surface area contributed by atoms with Crippen molar-refractivity contribution in [3.05, 3.63) is 77.4 Å². The number of rotatable bonds is 6. The van der Waals surface area contributed by atoms with Gasteiger partial charge in [-0.2, -0.15) is 0 Å². The molecular weight excluding hydrogens is 343 g/mol. The predicted molar refractivity (Wildman–Crippen MR) is 105 cm³/mol. The van der Waals surface area contributed by atoms with Crippen molar-refractivity contribution >= 4 is 5.96 Å². The second-order valence-corrected chi connectivity index (χ2v) is 6.24. The van der Waals surface area contributed by atoms with Crippen LogP contribution in [0.25, 0.3) is 11.5 Å². The third kappa shape index (κ3) is 5.41. The van der Waals surface area contributed by atoms with E-state index in [1.807, 2.05) is 37.3 Å².